The van der Waals surface area contributed by atoms with E-state index in [9.17, 15) is 13.2 Å². The van der Waals surface area contributed by atoms with Crippen molar-refractivity contribution in [3.05, 3.63) is 107 Å². The molecule has 2 aliphatic heterocycles. The van der Waals surface area contributed by atoms with Crippen LogP contribution in [0.3, 0.4) is 0 Å². The molecule has 43 heavy (non-hydrogen) atoms. The first kappa shape index (κ1) is 27.3. The minimum absolute atomic E-state index is 0.153. The molecule has 0 aliphatic carbocycles. The number of alkyl halides is 3. The average Bonchev–Trinajstić information content (AvgIpc) is 3.00. The number of halogens is 3. The van der Waals surface area contributed by atoms with E-state index >= 15 is 0 Å². The maximum atomic E-state index is 14.4. The van der Waals surface area contributed by atoms with Crippen molar-refractivity contribution in [1.82, 2.24) is 0 Å². The predicted octanol–water partition coefficient (Wildman–Crippen LogP) is 8.13. The van der Waals surface area contributed by atoms with Crippen LogP contribution >= 0.6 is 0 Å². The van der Waals surface area contributed by atoms with Gasteiger partial charge >= 0.3 is 6.18 Å². The van der Waals surface area contributed by atoms with E-state index in [1.54, 1.807) is 18.2 Å². The van der Waals surface area contributed by atoms with Gasteiger partial charge in [0.1, 0.15) is 11.2 Å². The summed E-state index contributed by atoms with van der Waals surface area (Å²) in [5.74, 6) is 0. The molecule has 5 aromatic carbocycles. The van der Waals surface area contributed by atoms with Crippen molar-refractivity contribution < 1.29 is 23.0 Å². The molecule has 1 aromatic heterocycles. The maximum Gasteiger partial charge on any atom is 0.417 e. The minimum atomic E-state index is -4.50. The third-order valence-corrected chi connectivity index (χ3v) is 8.71. The van der Waals surface area contributed by atoms with E-state index in [4.69, 9.17) is 9.83 Å². The molecule has 0 unspecified atom stereocenters. The molecule has 2 aliphatic rings. The Kier molecular flexibility index (Phi) is 6.53. The van der Waals surface area contributed by atoms with Crippen molar-refractivity contribution in [2.45, 2.75) is 38.8 Å². The second kappa shape index (κ2) is 10.3. The van der Waals surface area contributed by atoms with Gasteiger partial charge in [-0.1, -0.05) is 36.4 Å². The molecule has 6 heteroatoms. The normalized spacial score (nSPS) is 14.6. The molecule has 0 amide bonds. The topological polar surface area (TPSA) is 42.0 Å². The second-order valence-electron chi connectivity index (χ2n) is 11.4. The third-order valence-electron chi connectivity index (χ3n) is 8.71. The average molecular weight is 578 g/mol. The zero-order valence-corrected chi connectivity index (χ0v) is 24.0. The Hall–Kier alpha value is -4.58. The molecular formula is C37H32F3N2O+. The Morgan fingerprint density at radius 3 is 2.23 bits per heavy atom. The van der Waals surface area contributed by atoms with E-state index in [0.717, 1.165) is 66.4 Å². The molecule has 6 aromatic rings. The number of allylic oxidation sites excluding steroid dienone is 1. The van der Waals surface area contributed by atoms with E-state index in [2.05, 4.69) is 23.6 Å². The summed E-state index contributed by atoms with van der Waals surface area (Å²) in [6.07, 6.45) is 1.41. The Labute approximate surface area is 247 Å². The minimum Gasteiger partial charge on any atom is -0.455 e. The summed E-state index contributed by atoms with van der Waals surface area (Å²) in [5, 5.41) is 11.8. The van der Waals surface area contributed by atoms with Gasteiger partial charge in [-0.15, -0.1) is 6.58 Å². The van der Waals surface area contributed by atoms with Crippen LogP contribution in [0.1, 0.15) is 36.5 Å². The van der Waals surface area contributed by atoms with Crippen LogP contribution < -0.4 is 15.7 Å². The van der Waals surface area contributed by atoms with Crippen molar-refractivity contribution >= 4 is 49.2 Å². The summed E-state index contributed by atoms with van der Waals surface area (Å²) in [4.78, 5) is 2.50. The molecule has 3 heterocycles. The summed E-state index contributed by atoms with van der Waals surface area (Å²) in [5.41, 5.74) is 5.22. The Bertz CT molecular complexity index is 2140. The zero-order chi connectivity index (χ0) is 29.9. The highest BCUT2D eigenvalue weighted by Crippen LogP contribution is 2.47. The standard InChI is InChI=1S/C34H25F3N2O.C3H6/c35-34(36,37)29-8-2-1-6-25(29)30-26-11-9-19-17-21(38)10-12-22(19)32(26)40-33-27(30)14-13-23-24-7-4-16-39-15-3-5-20(31(24)39)18-28(23)33;1-3-2/h1-2,6,8-14,17-18,38H,3-5,7,15-16H2;3H,1H2,2H3/p+1. The molecule has 0 atom stereocenters. The third kappa shape index (κ3) is 4.39. The number of aryl methyl sites for hydroxylation is 2. The molecule has 0 saturated carbocycles. The number of benzene rings is 5. The van der Waals surface area contributed by atoms with Gasteiger partial charge < -0.3 is 9.32 Å². The van der Waals surface area contributed by atoms with Gasteiger partial charge in [0.2, 0.25) is 0 Å². The van der Waals surface area contributed by atoms with E-state index in [1.807, 2.05) is 43.3 Å². The maximum absolute atomic E-state index is 14.4. The summed E-state index contributed by atoms with van der Waals surface area (Å²) < 4.78 is 49.9. The lowest BCUT2D eigenvalue weighted by Gasteiger charge is -2.37. The van der Waals surface area contributed by atoms with Crippen LogP contribution in [0.5, 0.6) is 0 Å². The van der Waals surface area contributed by atoms with Crippen LogP contribution in [0.2, 0.25) is 0 Å². The van der Waals surface area contributed by atoms with Gasteiger partial charge in [0.15, 0.2) is 5.36 Å². The van der Waals surface area contributed by atoms with Gasteiger partial charge in [-0.3, -0.25) is 5.41 Å². The summed E-state index contributed by atoms with van der Waals surface area (Å²) in [7, 11) is 0. The molecule has 8 rings (SSSR count). The molecule has 216 valence electrons. The van der Waals surface area contributed by atoms with Gasteiger partial charge in [-0.05, 0) is 90.4 Å². The van der Waals surface area contributed by atoms with E-state index in [-0.39, 0.29) is 5.56 Å². The number of hydrogen-bond donors (Lipinski definition) is 1. The van der Waals surface area contributed by atoms with Crippen LogP contribution in [-0.2, 0) is 19.0 Å². The molecule has 0 radical (unpaired) electrons. The highest BCUT2D eigenvalue weighted by Gasteiger charge is 2.35. The predicted molar refractivity (Wildman–Crippen MR) is 169 cm³/mol. The Balaban J connectivity index is 0.000000963. The number of rotatable bonds is 1. The highest BCUT2D eigenvalue weighted by molar-refractivity contribution is 6.20. The fourth-order valence-corrected chi connectivity index (χ4v) is 7.07. The van der Waals surface area contributed by atoms with Crippen molar-refractivity contribution in [3.8, 4) is 11.1 Å². The van der Waals surface area contributed by atoms with Crippen LogP contribution in [0, 0.1) is 0 Å². The molecular weight excluding hydrogens is 545 g/mol. The van der Waals surface area contributed by atoms with Gasteiger partial charge in [0.05, 0.1) is 5.56 Å². The number of nitrogens with zero attached hydrogens (tertiary/aromatic N) is 1. The van der Waals surface area contributed by atoms with Gasteiger partial charge in [-0.25, -0.2) is 0 Å². The largest absolute Gasteiger partial charge is 0.455 e. The van der Waals surface area contributed by atoms with E-state index in [1.165, 1.54) is 22.9 Å². The quantitative estimate of drug-likeness (QED) is 0.122. The molecule has 0 bridgehead atoms. The second-order valence-corrected chi connectivity index (χ2v) is 11.4. The monoisotopic (exact) mass is 577 g/mol. The van der Waals surface area contributed by atoms with Crippen molar-refractivity contribution in [2.75, 3.05) is 18.0 Å². The number of fused-ring (bicyclic) bond motifs is 7. The lowest BCUT2D eigenvalue weighted by atomic mass is 9.86. The van der Waals surface area contributed by atoms with Gasteiger partial charge in [0, 0.05) is 58.0 Å². The molecule has 2 N–H and O–H groups in total. The first-order valence-electron chi connectivity index (χ1n) is 14.8. The van der Waals surface area contributed by atoms with Crippen LogP contribution in [0.4, 0.5) is 18.9 Å². The van der Waals surface area contributed by atoms with Gasteiger partial charge in [-0.2, -0.15) is 13.2 Å². The van der Waals surface area contributed by atoms with Gasteiger partial charge in [0.25, 0.3) is 0 Å². The van der Waals surface area contributed by atoms with E-state index < -0.39 is 11.7 Å². The van der Waals surface area contributed by atoms with Crippen LogP contribution in [0.15, 0.2) is 89.9 Å². The highest BCUT2D eigenvalue weighted by atomic mass is 19.4. The zero-order valence-electron chi connectivity index (χ0n) is 24.0. The molecule has 0 spiro atoms. The number of anilines is 1. The lowest BCUT2D eigenvalue weighted by Crippen LogP contribution is -2.44. The van der Waals surface area contributed by atoms with Crippen molar-refractivity contribution in [1.29, 1.82) is 0 Å². The molecule has 0 fully saturated rings. The van der Waals surface area contributed by atoms with Crippen LogP contribution in [-0.4, -0.2) is 13.1 Å². The lowest BCUT2D eigenvalue weighted by molar-refractivity contribution is -0.172. The fraction of sp³-hybridized carbons (Fsp3) is 0.216. The smallest absolute Gasteiger partial charge is 0.417 e. The van der Waals surface area contributed by atoms with E-state index in [0.29, 0.717) is 32.9 Å². The summed E-state index contributed by atoms with van der Waals surface area (Å²) >= 11 is 0. The molecule has 0 saturated heterocycles. The van der Waals surface area contributed by atoms with Crippen molar-refractivity contribution in [2.24, 2.45) is 0 Å². The first-order chi connectivity index (χ1) is 20.8. The van der Waals surface area contributed by atoms with Crippen molar-refractivity contribution in [3.63, 3.8) is 0 Å². The summed E-state index contributed by atoms with van der Waals surface area (Å²) in [6, 6.07) is 21.5. The number of hydrogen-bond acceptors (Lipinski definition) is 2. The molecule has 3 nitrogen and oxygen atoms in total. The Morgan fingerprint density at radius 1 is 0.814 bits per heavy atom. The fourth-order valence-electron chi connectivity index (χ4n) is 7.07. The number of nitrogens with two attached hydrogens (primary N) is 1. The SMILES string of the molecule is C=CC.[NH2+]=c1ccc2c(ccc3c(-c4ccccc4C(F)(F)F)c4ccc5c6c7c(cc5c4oc32)CCCN7CCC6)c1. The summed E-state index contributed by atoms with van der Waals surface area (Å²) in [6.45, 7) is 7.39. The Morgan fingerprint density at radius 2 is 1.47 bits per heavy atom. The van der Waals surface area contributed by atoms with Crippen LogP contribution in [0.25, 0.3) is 54.6 Å². The first-order valence-corrected chi connectivity index (χ1v) is 14.8.